The summed E-state index contributed by atoms with van der Waals surface area (Å²) in [6.45, 7) is 6.14. The van der Waals surface area contributed by atoms with Crippen LogP contribution in [0.3, 0.4) is 0 Å². The van der Waals surface area contributed by atoms with Crippen LogP contribution in [0.15, 0.2) is 0 Å². The molecule has 2 heteroatoms. The van der Waals surface area contributed by atoms with Crippen molar-refractivity contribution in [3.8, 4) is 0 Å². The highest BCUT2D eigenvalue weighted by Gasteiger charge is 2.22. The van der Waals surface area contributed by atoms with Crippen molar-refractivity contribution < 1.29 is 0 Å². The topological polar surface area (TPSA) is 24.1 Å². The monoisotopic (exact) mass is 196 g/mol. The van der Waals surface area contributed by atoms with Crippen LogP contribution in [0.4, 0.5) is 0 Å². The normalized spacial score (nSPS) is 39.6. The number of hydrogen-bond acceptors (Lipinski definition) is 2. The van der Waals surface area contributed by atoms with Crippen LogP contribution >= 0.6 is 0 Å². The summed E-state index contributed by atoms with van der Waals surface area (Å²) in [7, 11) is 0. The van der Waals surface area contributed by atoms with Gasteiger partial charge in [-0.2, -0.15) is 0 Å². The third kappa shape index (κ3) is 2.96. The lowest BCUT2D eigenvalue weighted by molar-refractivity contribution is 0.252. The molecule has 0 radical (unpaired) electrons. The summed E-state index contributed by atoms with van der Waals surface area (Å²) in [5.41, 5.74) is 0. The Bertz CT molecular complexity index is 164. The molecule has 0 aromatic rings. The van der Waals surface area contributed by atoms with Crippen LogP contribution in [0.2, 0.25) is 0 Å². The van der Waals surface area contributed by atoms with E-state index in [0.717, 1.165) is 17.9 Å². The Kier molecular flexibility index (Phi) is 3.82. The molecule has 3 unspecified atom stereocenters. The highest BCUT2D eigenvalue weighted by molar-refractivity contribution is 4.81. The molecule has 2 heterocycles. The molecule has 0 aliphatic carbocycles. The molecule has 0 aromatic heterocycles. The first-order chi connectivity index (χ1) is 6.84. The second-order valence-corrected chi connectivity index (χ2v) is 5.23. The molecule has 2 aliphatic rings. The number of hydrogen-bond donors (Lipinski definition) is 2. The van der Waals surface area contributed by atoms with Crippen LogP contribution in [-0.2, 0) is 0 Å². The van der Waals surface area contributed by atoms with Gasteiger partial charge in [0.1, 0.15) is 0 Å². The van der Waals surface area contributed by atoms with Gasteiger partial charge in [-0.25, -0.2) is 0 Å². The second kappa shape index (κ2) is 5.13. The zero-order valence-corrected chi connectivity index (χ0v) is 9.39. The van der Waals surface area contributed by atoms with Crippen LogP contribution in [-0.4, -0.2) is 25.7 Å². The van der Waals surface area contributed by atoms with E-state index in [1.165, 1.54) is 51.7 Å². The largest absolute Gasteiger partial charge is 0.316 e. The summed E-state index contributed by atoms with van der Waals surface area (Å²) < 4.78 is 0. The van der Waals surface area contributed by atoms with Crippen molar-refractivity contribution in [2.45, 2.75) is 45.1 Å². The third-order valence-corrected chi connectivity index (χ3v) is 3.77. The van der Waals surface area contributed by atoms with Gasteiger partial charge >= 0.3 is 0 Å². The first-order valence-electron chi connectivity index (χ1n) is 6.28. The lowest BCUT2D eigenvalue weighted by atomic mass is 9.86. The smallest absolute Gasteiger partial charge is 0.00727 e. The Morgan fingerprint density at radius 1 is 1.21 bits per heavy atom. The quantitative estimate of drug-likeness (QED) is 0.703. The summed E-state index contributed by atoms with van der Waals surface area (Å²) in [6, 6.07) is 0.809. The van der Waals surface area contributed by atoms with E-state index in [4.69, 9.17) is 0 Å². The maximum Gasteiger partial charge on any atom is 0.00727 e. The molecule has 82 valence electrons. The van der Waals surface area contributed by atoms with E-state index in [9.17, 15) is 0 Å². The fourth-order valence-corrected chi connectivity index (χ4v) is 2.93. The van der Waals surface area contributed by atoms with Gasteiger partial charge in [0, 0.05) is 6.04 Å². The van der Waals surface area contributed by atoms with E-state index in [-0.39, 0.29) is 0 Å². The first-order valence-corrected chi connectivity index (χ1v) is 6.28. The Balaban J connectivity index is 1.72. The molecule has 0 amide bonds. The summed E-state index contributed by atoms with van der Waals surface area (Å²) in [5.74, 6) is 1.88. The molecule has 0 aromatic carbocycles. The van der Waals surface area contributed by atoms with Crippen LogP contribution in [0.1, 0.15) is 39.0 Å². The minimum atomic E-state index is 0.809. The van der Waals surface area contributed by atoms with E-state index in [2.05, 4.69) is 17.6 Å². The lowest BCUT2D eigenvalue weighted by Gasteiger charge is -2.32. The SMILES string of the molecule is CC1CCNC(CC2CCCNC2)C1. The van der Waals surface area contributed by atoms with Crippen molar-refractivity contribution in [1.29, 1.82) is 0 Å². The van der Waals surface area contributed by atoms with Gasteiger partial charge in [0.15, 0.2) is 0 Å². The average molecular weight is 196 g/mol. The molecule has 2 fully saturated rings. The highest BCUT2D eigenvalue weighted by Crippen LogP contribution is 2.23. The van der Waals surface area contributed by atoms with Crippen LogP contribution in [0.25, 0.3) is 0 Å². The van der Waals surface area contributed by atoms with E-state index in [0.29, 0.717) is 0 Å². The average Bonchev–Trinajstić information content (AvgIpc) is 2.19. The maximum atomic E-state index is 3.67. The Labute approximate surface area is 87.8 Å². The Morgan fingerprint density at radius 3 is 2.86 bits per heavy atom. The summed E-state index contributed by atoms with van der Waals surface area (Å²) in [5, 5.41) is 7.18. The highest BCUT2D eigenvalue weighted by atomic mass is 14.9. The van der Waals surface area contributed by atoms with Gasteiger partial charge in [-0.1, -0.05) is 6.92 Å². The van der Waals surface area contributed by atoms with E-state index in [1.54, 1.807) is 0 Å². The number of nitrogens with one attached hydrogen (secondary N) is 2. The Hall–Kier alpha value is -0.0800. The van der Waals surface area contributed by atoms with Crippen LogP contribution < -0.4 is 10.6 Å². The summed E-state index contributed by atoms with van der Waals surface area (Å²) in [4.78, 5) is 0. The molecule has 2 saturated heterocycles. The Morgan fingerprint density at radius 2 is 2.14 bits per heavy atom. The number of piperidine rings is 2. The van der Waals surface area contributed by atoms with Crippen molar-refractivity contribution in [3.05, 3.63) is 0 Å². The van der Waals surface area contributed by atoms with Crippen molar-refractivity contribution in [2.24, 2.45) is 11.8 Å². The van der Waals surface area contributed by atoms with E-state index < -0.39 is 0 Å². The van der Waals surface area contributed by atoms with Gasteiger partial charge in [-0.3, -0.25) is 0 Å². The lowest BCUT2D eigenvalue weighted by Crippen LogP contribution is -2.41. The zero-order valence-electron chi connectivity index (χ0n) is 9.39. The fourth-order valence-electron chi connectivity index (χ4n) is 2.93. The predicted molar refractivity (Wildman–Crippen MR) is 60.4 cm³/mol. The molecule has 0 bridgehead atoms. The second-order valence-electron chi connectivity index (χ2n) is 5.23. The van der Waals surface area contributed by atoms with Crippen molar-refractivity contribution in [2.75, 3.05) is 19.6 Å². The van der Waals surface area contributed by atoms with Crippen molar-refractivity contribution in [1.82, 2.24) is 10.6 Å². The third-order valence-electron chi connectivity index (χ3n) is 3.77. The maximum absolute atomic E-state index is 3.67. The van der Waals surface area contributed by atoms with Crippen LogP contribution in [0.5, 0.6) is 0 Å². The predicted octanol–water partition coefficient (Wildman–Crippen LogP) is 1.76. The molecule has 0 saturated carbocycles. The van der Waals surface area contributed by atoms with Gasteiger partial charge in [0.05, 0.1) is 0 Å². The molecule has 2 N–H and O–H groups in total. The fraction of sp³-hybridized carbons (Fsp3) is 1.00. The summed E-state index contributed by atoms with van der Waals surface area (Å²) in [6.07, 6.45) is 7.00. The van der Waals surface area contributed by atoms with Crippen molar-refractivity contribution in [3.63, 3.8) is 0 Å². The molecular weight excluding hydrogens is 172 g/mol. The minimum absolute atomic E-state index is 0.809. The standard InChI is InChI=1S/C12H24N2/c1-10-4-6-14-12(7-10)8-11-3-2-5-13-9-11/h10-14H,2-9H2,1H3. The molecule has 2 rings (SSSR count). The van der Waals surface area contributed by atoms with Crippen molar-refractivity contribution >= 4 is 0 Å². The molecule has 2 nitrogen and oxygen atoms in total. The molecular formula is C12H24N2. The van der Waals surface area contributed by atoms with Gasteiger partial charge in [-0.15, -0.1) is 0 Å². The summed E-state index contributed by atoms with van der Waals surface area (Å²) >= 11 is 0. The van der Waals surface area contributed by atoms with Crippen LogP contribution in [0, 0.1) is 11.8 Å². The minimum Gasteiger partial charge on any atom is -0.316 e. The molecule has 3 atom stereocenters. The molecule has 2 aliphatic heterocycles. The first kappa shape index (κ1) is 10.4. The van der Waals surface area contributed by atoms with Gasteiger partial charge in [0.2, 0.25) is 0 Å². The number of rotatable bonds is 2. The molecule has 0 spiro atoms. The van der Waals surface area contributed by atoms with Gasteiger partial charge in [-0.05, 0) is 63.6 Å². The van der Waals surface area contributed by atoms with E-state index >= 15 is 0 Å². The zero-order chi connectivity index (χ0) is 9.80. The van der Waals surface area contributed by atoms with Gasteiger partial charge in [0.25, 0.3) is 0 Å². The van der Waals surface area contributed by atoms with E-state index in [1.807, 2.05) is 0 Å². The van der Waals surface area contributed by atoms with Gasteiger partial charge < -0.3 is 10.6 Å². The molecule has 14 heavy (non-hydrogen) atoms.